The van der Waals surface area contributed by atoms with Crippen LogP contribution in [0.2, 0.25) is 0 Å². The topological polar surface area (TPSA) is 81.1 Å². The van der Waals surface area contributed by atoms with Crippen molar-refractivity contribution in [1.82, 2.24) is 15.1 Å². The molecule has 0 amide bonds. The molecule has 0 saturated heterocycles. The molecule has 0 spiro atoms. The van der Waals surface area contributed by atoms with Gasteiger partial charge in [-0.3, -0.25) is 0 Å². The number of hydrogen-bond donors (Lipinski definition) is 1. The number of pyridine rings is 1. The Morgan fingerprint density at radius 2 is 1.77 bits per heavy atom. The Hall–Kier alpha value is -2.44. The van der Waals surface area contributed by atoms with Gasteiger partial charge in [-0.05, 0) is 31.0 Å². The molecule has 0 aliphatic rings. The molecule has 26 heavy (non-hydrogen) atoms. The highest BCUT2D eigenvalue weighted by Crippen LogP contribution is 2.23. The van der Waals surface area contributed by atoms with Crippen molar-refractivity contribution in [3.8, 4) is 22.8 Å². The molecule has 2 heterocycles. The predicted molar refractivity (Wildman–Crippen MR) is 106 cm³/mol. The largest absolute Gasteiger partial charge is 0.357 e. The molecule has 6 nitrogen and oxygen atoms in total. The lowest BCUT2D eigenvalue weighted by molar-refractivity contribution is 0.432. The summed E-state index contributed by atoms with van der Waals surface area (Å²) in [5.41, 5.74) is 8.40. The Bertz CT molecular complexity index is 802. The number of nitrogens with zero attached hydrogens (tertiary/aromatic N) is 4. The Balaban J connectivity index is 0.00000243. The molecular formula is C19H24ClN5O. The van der Waals surface area contributed by atoms with Gasteiger partial charge in [0.2, 0.25) is 5.82 Å². The summed E-state index contributed by atoms with van der Waals surface area (Å²) in [7, 11) is 0. The van der Waals surface area contributed by atoms with E-state index < -0.39 is 0 Å². The maximum absolute atomic E-state index is 5.62. The Kier molecular flexibility index (Phi) is 7.12. The third-order valence-corrected chi connectivity index (χ3v) is 4.07. The average molecular weight is 374 g/mol. The van der Waals surface area contributed by atoms with Crippen LogP contribution in [0.25, 0.3) is 22.8 Å². The second-order valence-electron chi connectivity index (χ2n) is 5.81. The molecule has 0 fully saturated rings. The first-order valence-electron chi connectivity index (χ1n) is 8.59. The van der Waals surface area contributed by atoms with Gasteiger partial charge in [-0.25, -0.2) is 4.98 Å². The van der Waals surface area contributed by atoms with Crippen molar-refractivity contribution in [2.45, 2.75) is 26.8 Å². The van der Waals surface area contributed by atoms with E-state index in [-0.39, 0.29) is 12.4 Å². The first kappa shape index (κ1) is 19.9. The summed E-state index contributed by atoms with van der Waals surface area (Å²) in [4.78, 5) is 11.2. The third kappa shape index (κ3) is 4.39. The molecule has 0 saturated carbocycles. The molecule has 7 heteroatoms. The van der Waals surface area contributed by atoms with Gasteiger partial charge in [0.25, 0.3) is 5.89 Å². The Labute approximate surface area is 159 Å². The van der Waals surface area contributed by atoms with Crippen molar-refractivity contribution in [1.29, 1.82) is 0 Å². The number of aromatic nitrogens is 3. The molecule has 0 aliphatic carbocycles. The van der Waals surface area contributed by atoms with E-state index >= 15 is 0 Å². The number of hydrogen-bond acceptors (Lipinski definition) is 6. The second-order valence-corrected chi connectivity index (χ2v) is 5.81. The zero-order valence-electron chi connectivity index (χ0n) is 15.1. The van der Waals surface area contributed by atoms with Gasteiger partial charge < -0.3 is 15.2 Å². The van der Waals surface area contributed by atoms with E-state index in [0.29, 0.717) is 18.3 Å². The average Bonchev–Trinajstić information content (AvgIpc) is 3.16. The zero-order valence-corrected chi connectivity index (χ0v) is 15.9. The Morgan fingerprint density at radius 3 is 2.35 bits per heavy atom. The van der Waals surface area contributed by atoms with Crippen LogP contribution in [-0.2, 0) is 6.54 Å². The fourth-order valence-corrected chi connectivity index (χ4v) is 2.65. The monoisotopic (exact) mass is 373 g/mol. The second kappa shape index (κ2) is 9.31. The highest BCUT2D eigenvalue weighted by Gasteiger charge is 2.12. The summed E-state index contributed by atoms with van der Waals surface area (Å²) >= 11 is 0. The molecule has 2 aromatic heterocycles. The van der Waals surface area contributed by atoms with Crippen LogP contribution in [-0.4, -0.2) is 28.2 Å². The lowest BCUT2D eigenvalue weighted by Gasteiger charge is -2.20. The van der Waals surface area contributed by atoms with E-state index in [1.54, 1.807) is 6.20 Å². The van der Waals surface area contributed by atoms with E-state index in [1.807, 2.05) is 36.4 Å². The lowest BCUT2D eigenvalue weighted by Crippen LogP contribution is -2.24. The number of halogens is 1. The van der Waals surface area contributed by atoms with Gasteiger partial charge in [0, 0.05) is 31.4 Å². The van der Waals surface area contributed by atoms with Crippen molar-refractivity contribution in [3.63, 3.8) is 0 Å². The normalized spacial score (nSPS) is 10.4. The number of anilines is 1. The third-order valence-electron chi connectivity index (χ3n) is 4.07. The molecule has 3 rings (SSSR count). The smallest absolute Gasteiger partial charge is 0.259 e. The van der Waals surface area contributed by atoms with E-state index in [1.165, 1.54) is 0 Å². The summed E-state index contributed by atoms with van der Waals surface area (Å²) in [6.45, 7) is 6.74. The molecule has 1 aromatic carbocycles. The number of benzene rings is 1. The van der Waals surface area contributed by atoms with Crippen molar-refractivity contribution < 1.29 is 4.52 Å². The molecule has 0 aliphatic heterocycles. The fourth-order valence-electron chi connectivity index (χ4n) is 2.65. The van der Waals surface area contributed by atoms with Crippen LogP contribution >= 0.6 is 12.4 Å². The lowest BCUT2D eigenvalue weighted by atomic mass is 10.1. The van der Waals surface area contributed by atoms with Gasteiger partial charge in [0.1, 0.15) is 5.82 Å². The van der Waals surface area contributed by atoms with Crippen LogP contribution in [0, 0.1) is 0 Å². The van der Waals surface area contributed by atoms with E-state index in [9.17, 15) is 0 Å². The minimum atomic E-state index is 0. The van der Waals surface area contributed by atoms with Crippen molar-refractivity contribution in [2.75, 3.05) is 18.0 Å². The number of nitrogens with two attached hydrogens (primary N) is 1. The van der Waals surface area contributed by atoms with Crippen LogP contribution in [0.5, 0.6) is 0 Å². The summed E-state index contributed by atoms with van der Waals surface area (Å²) in [5, 5.41) is 4.07. The molecule has 0 bridgehead atoms. The van der Waals surface area contributed by atoms with Gasteiger partial charge in [-0.15, -0.1) is 12.4 Å². The van der Waals surface area contributed by atoms with Crippen LogP contribution < -0.4 is 10.6 Å². The van der Waals surface area contributed by atoms with Crippen LogP contribution in [0.1, 0.15) is 25.8 Å². The maximum Gasteiger partial charge on any atom is 0.259 e. The summed E-state index contributed by atoms with van der Waals surface area (Å²) < 4.78 is 5.40. The molecular weight excluding hydrogens is 350 g/mol. The standard InChI is InChI=1S/C19H23N5O.ClH/c1-3-11-24(4-2)17-10-9-16(13-21-17)19-22-18(23-25-19)15-7-5-14(12-20)6-8-15;/h5-10,13H,3-4,11-12,20H2,1-2H3;1H. The SMILES string of the molecule is CCCN(CC)c1ccc(-c2nc(-c3ccc(CN)cc3)no2)cn1.Cl. The first-order valence-corrected chi connectivity index (χ1v) is 8.59. The van der Waals surface area contributed by atoms with Crippen LogP contribution in [0.15, 0.2) is 47.1 Å². The van der Waals surface area contributed by atoms with Gasteiger partial charge in [0.05, 0.1) is 5.56 Å². The first-order chi connectivity index (χ1) is 12.2. The quantitative estimate of drug-likeness (QED) is 0.676. The fraction of sp³-hybridized carbons (Fsp3) is 0.316. The van der Waals surface area contributed by atoms with Gasteiger partial charge in [-0.2, -0.15) is 4.98 Å². The molecule has 138 valence electrons. The van der Waals surface area contributed by atoms with Gasteiger partial charge in [0.15, 0.2) is 0 Å². The highest BCUT2D eigenvalue weighted by molar-refractivity contribution is 5.85. The molecule has 3 aromatic rings. The molecule has 2 N–H and O–H groups in total. The van der Waals surface area contributed by atoms with Crippen molar-refractivity contribution in [3.05, 3.63) is 48.2 Å². The van der Waals surface area contributed by atoms with Gasteiger partial charge in [-0.1, -0.05) is 36.3 Å². The predicted octanol–water partition coefficient (Wildman–Crippen LogP) is 3.92. The summed E-state index contributed by atoms with van der Waals surface area (Å²) in [6.07, 6.45) is 2.87. The van der Waals surface area contributed by atoms with Crippen molar-refractivity contribution >= 4 is 18.2 Å². The Morgan fingerprint density at radius 1 is 1.04 bits per heavy atom. The molecule has 0 radical (unpaired) electrons. The molecule has 0 unspecified atom stereocenters. The minimum absolute atomic E-state index is 0. The highest BCUT2D eigenvalue weighted by atomic mass is 35.5. The minimum Gasteiger partial charge on any atom is -0.357 e. The summed E-state index contributed by atoms with van der Waals surface area (Å²) in [5.74, 6) is 1.99. The maximum atomic E-state index is 5.62. The van der Waals surface area contributed by atoms with Crippen molar-refractivity contribution in [2.24, 2.45) is 5.73 Å². The zero-order chi connectivity index (χ0) is 17.6. The van der Waals surface area contributed by atoms with Crippen LogP contribution in [0.3, 0.4) is 0 Å². The summed E-state index contributed by atoms with van der Waals surface area (Å²) in [6, 6.07) is 11.8. The van der Waals surface area contributed by atoms with E-state index in [2.05, 4.69) is 33.9 Å². The van der Waals surface area contributed by atoms with E-state index in [4.69, 9.17) is 10.3 Å². The van der Waals surface area contributed by atoms with E-state index in [0.717, 1.165) is 42.0 Å². The van der Waals surface area contributed by atoms with Crippen LogP contribution in [0.4, 0.5) is 5.82 Å². The van der Waals surface area contributed by atoms with Gasteiger partial charge >= 0.3 is 0 Å². The number of rotatable bonds is 7. The molecule has 0 atom stereocenters.